The van der Waals surface area contributed by atoms with Crippen LogP contribution in [0.5, 0.6) is 0 Å². The van der Waals surface area contributed by atoms with E-state index in [-0.39, 0.29) is 5.78 Å². The molecule has 3 rings (SSSR count). The lowest BCUT2D eigenvalue weighted by molar-refractivity contribution is 0.102. The van der Waals surface area contributed by atoms with Crippen LogP contribution in [-0.4, -0.2) is 26.3 Å². The number of Topliss-reactive ketones (excluding diaryl/α,β-unsaturated/α-hetero) is 1. The third-order valence-electron chi connectivity index (χ3n) is 3.10. The average molecular weight is 456 g/mol. The van der Waals surface area contributed by atoms with Gasteiger partial charge in [0.15, 0.2) is 10.9 Å². The van der Waals surface area contributed by atoms with Crippen LogP contribution < -0.4 is 0 Å². The van der Waals surface area contributed by atoms with Crippen LogP contribution in [0.25, 0.3) is 5.69 Å². The van der Waals surface area contributed by atoms with Crippen molar-refractivity contribution in [3.63, 3.8) is 0 Å². The lowest BCUT2D eigenvalue weighted by Crippen LogP contribution is -2.04. The third-order valence-corrected chi connectivity index (χ3v) is 5.00. The molecule has 1 heterocycles. The second-order valence-corrected chi connectivity index (χ2v) is 7.31. The summed E-state index contributed by atoms with van der Waals surface area (Å²) < 4.78 is 2.92. The second kappa shape index (κ2) is 7.46. The topological polar surface area (TPSA) is 47.8 Å². The highest BCUT2D eigenvalue weighted by Gasteiger charge is 2.12. The van der Waals surface area contributed by atoms with Gasteiger partial charge in [-0.2, -0.15) is 0 Å². The molecule has 4 nitrogen and oxygen atoms in total. The molecule has 23 heavy (non-hydrogen) atoms. The molecular formula is C16H11ClIN3OS. The summed E-state index contributed by atoms with van der Waals surface area (Å²) in [4.78, 5) is 12.3. The first-order chi connectivity index (χ1) is 11.1. The summed E-state index contributed by atoms with van der Waals surface area (Å²) in [6, 6.07) is 14.9. The summed E-state index contributed by atoms with van der Waals surface area (Å²) in [7, 11) is 0. The van der Waals surface area contributed by atoms with Crippen LogP contribution in [0, 0.1) is 3.57 Å². The van der Waals surface area contributed by atoms with E-state index in [9.17, 15) is 4.79 Å². The summed E-state index contributed by atoms with van der Waals surface area (Å²) in [5.74, 6) is 0.367. The molecule has 0 saturated carbocycles. The summed E-state index contributed by atoms with van der Waals surface area (Å²) >= 11 is 9.59. The number of halogens is 2. The molecule has 0 aliphatic rings. The third kappa shape index (κ3) is 4.13. The van der Waals surface area contributed by atoms with Gasteiger partial charge >= 0.3 is 0 Å². The molecule has 0 atom stereocenters. The molecule has 2 aromatic carbocycles. The van der Waals surface area contributed by atoms with E-state index in [1.165, 1.54) is 11.8 Å². The van der Waals surface area contributed by atoms with Crippen molar-refractivity contribution in [3.8, 4) is 5.69 Å². The monoisotopic (exact) mass is 455 g/mol. The predicted octanol–water partition coefficient (Wildman–Crippen LogP) is 4.50. The first-order valence-electron chi connectivity index (χ1n) is 6.71. The van der Waals surface area contributed by atoms with Crippen LogP contribution in [0.4, 0.5) is 0 Å². The quantitative estimate of drug-likeness (QED) is 0.323. The Kier molecular flexibility index (Phi) is 5.34. The largest absolute Gasteiger partial charge is 0.293 e. The predicted molar refractivity (Wildman–Crippen MR) is 101 cm³/mol. The average Bonchev–Trinajstić information content (AvgIpc) is 3.02. The summed E-state index contributed by atoms with van der Waals surface area (Å²) in [6.07, 6.45) is 1.61. The Balaban J connectivity index is 1.73. The number of benzene rings is 2. The first-order valence-corrected chi connectivity index (χ1v) is 9.15. The Morgan fingerprint density at radius 1 is 1.22 bits per heavy atom. The van der Waals surface area contributed by atoms with Gasteiger partial charge in [-0.3, -0.25) is 9.36 Å². The van der Waals surface area contributed by atoms with Crippen LogP contribution in [0.3, 0.4) is 0 Å². The number of thioether (sulfide) groups is 1. The van der Waals surface area contributed by atoms with Gasteiger partial charge in [-0.25, -0.2) is 0 Å². The number of aromatic nitrogens is 3. The maximum Gasteiger partial charge on any atom is 0.196 e. The zero-order valence-corrected chi connectivity index (χ0v) is 15.5. The Morgan fingerprint density at radius 3 is 2.74 bits per heavy atom. The van der Waals surface area contributed by atoms with Crippen LogP contribution in [0.1, 0.15) is 10.4 Å². The van der Waals surface area contributed by atoms with Gasteiger partial charge in [0.25, 0.3) is 0 Å². The van der Waals surface area contributed by atoms with E-state index in [2.05, 4.69) is 32.8 Å². The number of hydrogen-bond acceptors (Lipinski definition) is 4. The number of nitrogens with zero attached hydrogens (tertiary/aromatic N) is 3. The van der Waals surface area contributed by atoms with E-state index < -0.39 is 0 Å². The second-order valence-electron chi connectivity index (χ2n) is 4.68. The SMILES string of the molecule is O=C(CSc1nncn1-c1cccc(Cl)c1)c1ccc(I)cc1. The van der Waals surface area contributed by atoms with Crippen molar-refractivity contribution in [3.05, 3.63) is 69.0 Å². The van der Waals surface area contributed by atoms with Crippen LogP contribution >= 0.6 is 46.0 Å². The van der Waals surface area contributed by atoms with Crippen LogP contribution in [-0.2, 0) is 0 Å². The van der Waals surface area contributed by atoms with E-state index in [1.807, 2.05) is 53.1 Å². The van der Waals surface area contributed by atoms with Crippen molar-refractivity contribution in [1.29, 1.82) is 0 Å². The molecule has 116 valence electrons. The molecule has 3 aromatic rings. The number of carbonyl (C=O) groups is 1. The maximum absolute atomic E-state index is 12.3. The highest BCUT2D eigenvalue weighted by molar-refractivity contribution is 14.1. The Hall–Kier alpha value is -1.38. The molecule has 0 amide bonds. The molecule has 0 saturated heterocycles. The van der Waals surface area contributed by atoms with Gasteiger partial charge in [-0.15, -0.1) is 10.2 Å². The Labute approximate surface area is 156 Å². The first kappa shape index (κ1) is 16.5. The van der Waals surface area contributed by atoms with Crippen molar-refractivity contribution in [2.24, 2.45) is 0 Å². The number of ketones is 1. The molecule has 0 aliphatic carbocycles. The highest BCUT2D eigenvalue weighted by Crippen LogP contribution is 2.22. The summed E-state index contributed by atoms with van der Waals surface area (Å²) in [5.41, 5.74) is 1.57. The molecule has 0 aliphatic heterocycles. The van der Waals surface area contributed by atoms with Crippen molar-refractivity contribution in [2.45, 2.75) is 5.16 Å². The molecule has 1 aromatic heterocycles. The van der Waals surface area contributed by atoms with Crippen molar-refractivity contribution < 1.29 is 4.79 Å². The van der Waals surface area contributed by atoms with Gasteiger partial charge in [0.2, 0.25) is 0 Å². The molecule has 0 radical (unpaired) electrons. The smallest absolute Gasteiger partial charge is 0.196 e. The Bertz CT molecular complexity index is 835. The number of rotatable bonds is 5. The Morgan fingerprint density at radius 2 is 2.00 bits per heavy atom. The molecule has 0 N–H and O–H groups in total. The zero-order chi connectivity index (χ0) is 16.2. The van der Waals surface area contributed by atoms with Gasteiger partial charge in [-0.05, 0) is 52.9 Å². The number of carbonyl (C=O) groups excluding carboxylic acids is 1. The highest BCUT2D eigenvalue weighted by atomic mass is 127. The van der Waals surface area contributed by atoms with E-state index in [4.69, 9.17) is 11.6 Å². The fraction of sp³-hybridized carbons (Fsp3) is 0.0625. The lowest BCUT2D eigenvalue weighted by atomic mass is 10.2. The van der Waals surface area contributed by atoms with Crippen molar-refractivity contribution >= 4 is 51.7 Å². The fourth-order valence-electron chi connectivity index (χ4n) is 1.98. The minimum Gasteiger partial charge on any atom is -0.293 e. The molecule has 0 spiro atoms. The van der Waals surface area contributed by atoms with Crippen molar-refractivity contribution in [2.75, 3.05) is 5.75 Å². The van der Waals surface area contributed by atoms with Gasteiger partial charge in [-0.1, -0.05) is 41.6 Å². The van der Waals surface area contributed by atoms with Gasteiger partial charge < -0.3 is 0 Å². The number of hydrogen-bond donors (Lipinski definition) is 0. The zero-order valence-electron chi connectivity index (χ0n) is 11.8. The molecule has 7 heteroatoms. The van der Waals surface area contributed by atoms with Crippen LogP contribution in [0.15, 0.2) is 60.0 Å². The van der Waals surface area contributed by atoms with E-state index in [0.29, 0.717) is 21.5 Å². The molecule has 0 fully saturated rings. The maximum atomic E-state index is 12.3. The van der Waals surface area contributed by atoms with Gasteiger partial charge in [0.1, 0.15) is 6.33 Å². The van der Waals surface area contributed by atoms with E-state index in [1.54, 1.807) is 6.33 Å². The van der Waals surface area contributed by atoms with Gasteiger partial charge in [0, 0.05) is 14.2 Å². The lowest BCUT2D eigenvalue weighted by Gasteiger charge is -2.06. The van der Waals surface area contributed by atoms with Crippen LogP contribution in [0.2, 0.25) is 5.02 Å². The minimum atomic E-state index is 0.0621. The van der Waals surface area contributed by atoms with Crippen molar-refractivity contribution in [1.82, 2.24) is 14.8 Å². The van der Waals surface area contributed by atoms with E-state index >= 15 is 0 Å². The summed E-state index contributed by atoms with van der Waals surface area (Å²) in [5, 5.41) is 9.31. The minimum absolute atomic E-state index is 0.0621. The summed E-state index contributed by atoms with van der Waals surface area (Å²) in [6.45, 7) is 0. The molecular weight excluding hydrogens is 445 g/mol. The fourth-order valence-corrected chi connectivity index (χ4v) is 3.34. The van der Waals surface area contributed by atoms with E-state index in [0.717, 1.165) is 9.26 Å². The van der Waals surface area contributed by atoms with Gasteiger partial charge in [0.05, 0.1) is 11.4 Å². The normalized spacial score (nSPS) is 10.7. The molecule has 0 bridgehead atoms. The molecule has 0 unspecified atom stereocenters. The standard InChI is InChI=1S/C16H11ClIN3OS/c17-12-2-1-3-14(8-12)21-10-19-20-16(21)23-9-15(22)11-4-6-13(18)7-5-11/h1-8,10H,9H2.